The van der Waals surface area contributed by atoms with Gasteiger partial charge >= 0.3 is 5.69 Å². The van der Waals surface area contributed by atoms with Gasteiger partial charge in [-0.1, -0.05) is 11.8 Å². The first-order valence-electron chi connectivity index (χ1n) is 7.84. The van der Waals surface area contributed by atoms with Crippen LogP contribution >= 0.6 is 11.8 Å². The van der Waals surface area contributed by atoms with Crippen LogP contribution in [-0.4, -0.2) is 38.0 Å². The smallest absolute Gasteiger partial charge is 0.350 e. The Morgan fingerprint density at radius 2 is 2.39 bits per heavy atom. The first kappa shape index (κ1) is 14.7. The second-order valence-electron chi connectivity index (χ2n) is 6.26. The lowest BCUT2D eigenvalue weighted by Crippen LogP contribution is -2.31. The molecule has 2 aliphatic rings. The van der Waals surface area contributed by atoms with Gasteiger partial charge in [0.05, 0.1) is 12.3 Å². The molecule has 7 nitrogen and oxygen atoms in total. The molecule has 120 valence electrons. The van der Waals surface area contributed by atoms with E-state index in [1.54, 1.807) is 0 Å². The minimum absolute atomic E-state index is 0.230. The highest BCUT2D eigenvalue weighted by atomic mass is 32.2. The molecule has 1 unspecified atom stereocenters. The molecule has 0 amide bonds. The number of H-pyrrole nitrogens is 1. The number of thioether (sulfide) groups is 1. The summed E-state index contributed by atoms with van der Waals surface area (Å²) in [5.41, 5.74) is 0.499. The molecular weight excluding hydrogens is 314 g/mol. The van der Waals surface area contributed by atoms with Crippen molar-refractivity contribution in [3.05, 3.63) is 22.2 Å². The van der Waals surface area contributed by atoms with Crippen LogP contribution in [0.1, 0.15) is 37.7 Å². The third-order valence-electron chi connectivity index (χ3n) is 4.73. The monoisotopic (exact) mass is 331 g/mol. The standard InChI is InChI=1S/C15H17N5O2S/c16-7-10-8-17-20-12(10)18-13(19-14(20)21)23-9-15(4-5-15)11-3-1-2-6-22-11/h8,11H,1-6,9H2,(H,18,19,21). The average molecular weight is 331 g/mol. The van der Waals surface area contributed by atoms with E-state index >= 15 is 0 Å². The summed E-state index contributed by atoms with van der Waals surface area (Å²) in [7, 11) is 0. The van der Waals surface area contributed by atoms with E-state index in [4.69, 9.17) is 10.00 Å². The van der Waals surface area contributed by atoms with Gasteiger partial charge in [-0.2, -0.15) is 14.9 Å². The van der Waals surface area contributed by atoms with E-state index < -0.39 is 0 Å². The molecule has 2 fully saturated rings. The highest BCUT2D eigenvalue weighted by Gasteiger charge is 2.50. The zero-order valence-corrected chi connectivity index (χ0v) is 13.4. The Bertz CT molecular complexity index is 826. The van der Waals surface area contributed by atoms with Crippen LogP contribution < -0.4 is 5.69 Å². The van der Waals surface area contributed by atoms with Crippen LogP contribution in [0.4, 0.5) is 0 Å². The summed E-state index contributed by atoms with van der Waals surface area (Å²) in [5, 5.41) is 13.5. The molecular formula is C15H17N5O2S. The van der Waals surface area contributed by atoms with Crippen LogP contribution in [0, 0.1) is 16.7 Å². The molecule has 8 heteroatoms. The summed E-state index contributed by atoms with van der Waals surface area (Å²) >= 11 is 1.54. The molecule has 0 spiro atoms. The minimum atomic E-state index is -0.363. The van der Waals surface area contributed by atoms with E-state index in [9.17, 15) is 4.79 Å². The van der Waals surface area contributed by atoms with E-state index in [2.05, 4.69) is 15.1 Å². The fraction of sp³-hybridized carbons (Fsp3) is 0.600. The van der Waals surface area contributed by atoms with Crippen LogP contribution in [-0.2, 0) is 4.74 Å². The fourth-order valence-corrected chi connectivity index (χ4v) is 4.38. The van der Waals surface area contributed by atoms with Gasteiger partial charge in [-0.05, 0) is 32.1 Å². The number of hydrogen-bond donors (Lipinski definition) is 1. The molecule has 1 saturated carbocycles. The summed E-state index contributed by atoms with van der Waals surface area (Å²) in [6.07, 6.45) is 7.57. The number of hydrogen-bond acceptors (Lipinski definition) is 6. The second kappa shape index (κ2) is 5.65. The maximum absolute atomic E-state index is 12.0. The number of ether oxygens (including phenoxy) is 1. The van der Waals surface area contributed by atoms with Crippen molar-refractivity contribution in [1.29, 1.82) is 5.26 Å². The Kier molecular flexibility index (Phi) is 3.62. The zero-order chi connectivity index (χ0) is 15.9. The normalized spacial score (nSPS) is 22.8. The zero-order valence-electron chi connectivity index (χ0n) is 12.6. The molecule has 3 heterocycles. The van der Waals surface area contributed by atoms with Crippen molar-refractivity contribution in [1.82, 2.24) is 19.6 Å². The number of rotatable bonds is 4. The van der Waals surface area contributed by atoms with E-state index in [0.29, 0.717) is 22.5 Å². The minimum Gasteiger partial charge on any atom is -0.378 e. The fourth-order valence-electron chi connectivity index (χ4n) is 3.17. The maximum Gasteiger partial charge on any atom is 0.350 e. The largest absolute Gasteiger partial charge is 0.378 e. The van der Waals surface area contributed by atoms with Gasteiger partial charge in [0.15, 0.2) is 10.8 Å². The van der Waals surface area contributed by atoms with Crippen molar-refractivity contribution in [3.63, 3.8) is 0 Å². The van der Waals surface area contributed by atoms with E-state index in [-0.39, 0.29) is 11.1 Å². The van der Waals surface area contributed by atoms with Crippen LogP contribution in [0.2, 0.25) is 0 Å². The molecule has 0 aromatic carbocycles. The molecule has 1 aliphatic carbocycles. The lowest BCUT2D eigenvalue weighted by atomic mass is 9.95. The van der Waals surface area contributed by atoms with E-state index in [0.717, 1.165) is 29.7 Å². The Hall–Kier alpha value is -1.85. The molecule has 1 atom stereocenters. The van der Waals surface area contributed by atoms with Gasteiger partial charge in [0.1, 0.15) is 11.6 Å². The van der Waals surface area contributed by atoms with Gasteiger partial charge in [-0.15, -0.1) is 0 Å². The lowest BCUT2D eigenvalue weighted by molar-refractivity contribution is -0.0236. The van der Waals surface area contributed by atoms with Gasteiger partial charge in [0.25, 0.3) is 0 Å². The molecule has 0 bridgehead atoms. The van der Waals surface area contributed by atoms with Gasteiger partial charge in [-0.3, -0.25) is 4.98 Å². The first-order valence-corrected chi connectivity index (χ1v) is 8.83. The molecule has 0 radical (unpaired) electrons. The second-order valence-corrected chi connectivity index (χ2v) is 7.22. The molecule has 2 aromatic heterocycles. The van der Waals surface area contributed by atoms with Crippen molar-refractivity contribution >= 4 is 17.4 Å². The summed E-state index contributed by atoms with van der Waals surface area (Å²) in [4.78, 5) is 19.2. The van der Waals surface area contributed by atoms with Crippen molar-refractivity contribution in [2.24, 2.45) is 5.41 Å². The first-order chi connectivity index (χ1) is 11.2. The van der Waals surface area contributed by atoms with E-state index in [1.807, 2.05) is 6.07 Å². The third kappa shape index (κ3) is 2.64. The highest BCUT2D eigenvalue weighted by Crippen LogP contribution is 2.54. The molecule has 23 heavy (non-hydrogen) atoms. The Morgan fingerprint density at radius 1 is 1.52 bits per heavy atom. The quantitative estimate of drug-likeness (QED) is 0.857. The van der Waals surface area contributed by atoms with Crippen LogP contribution in [0.15, 0.2) is 16.1 Å². The van der Waals surface area contributed by atoms with Crippen LogP contribution in [0.3, 0.4) is 0 Å². The summed E-state index contributed by atoms with van der Waals surface area (Å²) < 4.78 is 7.07. The summed E-state index contributed by atoms with van der Waals surface area (Å²) in [5.74, 6) is 0.882. The molecule has 1 saturated heterocycles. The topological polar surface area (TPSA) is 96.1 Å². The van der Waals surface area contributed by atoms with Crippen molar-refractivity contribution in [3.8, 4) is 6.07 Å². The Morgan fingerprint density at radius 3 is 3.09 bits per heavy atom. The SMILES string of the molecule is N#Cc1cnn2c(=O)[nH]c(SCC3(C4CCCCO4)CC3)nc12. The van der Waals surface area contributed by atoms with Crippen LogP contribution in [0.5, 0.6) is 0 Å². The van der Waals surface area contributed by atoms with Gasteiger partial charge in [0, 0.05) is 17.8 Å². The summed E-state index contributed by atoms with van der Waals surface area (Å²) in [6, 6.07) is 2.01. The number of aromatic amines is 1. The molecule has 2 aromatic rings. The number of nitrogens with one attached hydrogen (secondary N) is 1. The van der Waals surface area contributed by atoms with Crippen LogP contribution in [0.25, 0.3) is 5.65 Å². The lowest BCUT2D eigenvalue weighted by Gasteiger charge is -2.30. The number of nitrogens with zero attached hydrogens (tertiary/aromatic N) is 4. The van der Waals surface area contributed by atoms with Gasteiger partial charge < -0.3 is 4.74 Å². The molecule has 1 aliphatic heterocycles. The predicted molar refractivity (Wildman–Crippen MR) is 84.3 cm³/mol. The highest BCUT2D eigenvalue weighted by molar-refractivity contribution is 7.99. The Labute approximate surface area is 137 Å². The van der Waals surface area contributed by atoms with Crippen molar-refractivity contribution in [2.75, 3.05) is 12.4 Å². The molecule has 1 N–H and O–H groups in total. The Balaban J connectivity index is 1.54. The molecule has 4 rings (SSSR count). The number of aromatic nitrogens is 4. The summed E-state index contributed by atoms with van der Waals surface area (Å²) in [6.45, 7) is 0.861. The predicted octanol–water partition coefficient (Wildman–Crippen LogP) is 1.73. The van der Waals surface area contributed by atoms with Gasteiger partial charge in [0.2, 0.25) is 0 Å². The van der Waals surface area contributed by atoms with Crippen molar-refractivity contribution < 1.29 is 4.74 Å². The number of nitriles is 1. The third-order valence-corrected chi connectivity index (χ3v) is 5.92. The van der Waals surface area contributed by atoms with Crippen molar-refractivity contribution in [2.45, 2.75) is 43.4 Å². The van der Waals surface area contributed by atoms with Gasteiger partial charge in [-0.25, -0.2) is 9.78 Å². The number of fused-ring (bicyclic) bond motifs is 1. The average Bonchev–Trinajstić information content (AvgIpc) is 3.26. The van der Waals surface area contributed by atoms with E-state index in [1.165, 1.54) is 37.2 Å². The maximum atomic E-state index is 12.0.